The lowest BCUT2D eigenvalue weighted by Crippen LogP contribution is -2.37. The number of benzene rings is 1. The second kappa shape index (κ2) is 6.25. The molecule has 1 rings (SSSR count). The van der Waals surface area contributed by atoms with Crippen LogP contribution in [-0.4, -0.2) is 39.6 Å². The molecule has 1 aromatic rings. The van der Waals surface area contributed by atoms with Crippen molar-refractivity contribution >= 4 is 11.6 Å². The summed E-state index contributed by atoms with van der Waals surface area (Å²) in [6.07, 6.45) is 0. The van der Waals surface area contributed by atoms with Gasteiger partial charge in [-0.25, -0.2) is 0 Å². The Morgan fingerprint density at radius 2 is 1.88 bits per heavy atom. The minimum Gasteiger partial charge on any atom is -0.378 e. The number of likely N-dealkylation sites (N-methyl/N-ethyl adjacent to an activating group) is 1. The molecule has 0 aliphatic heterocycles. The first-order chi connectivity index (χ1) is 8.04. The first-order valence-electron chi connectivity index (χ1n) is 5.77. The first kappa shape index (κ1) is 13.5. The van der Waals surface area contributed by atoms with Crippen LogP contribution in [-0.2, 0) is 0 Å². The molecule has 0 radical (unpaired) electrons. The summed E-state index contributed by atoms with van der Waals surface area (Å²) in [5.41, 5.74) is 1.78. The lowest BCUT2D eigenvalue weighted by atomic mass is 10.2. The van der Waals surface area contributed by atoms with Gasteiger partial charge in [-0.05, 0) is 38.2 Å². The molecule has 0 fully saturated rings. The van der Waals surface area contributed by atoms with Crippen molar-refractivity contribution < 1.29 is 4.79 Å². The molecule has 0 aliphatic rings. The van der Waals surface area contributed by atoms with Crippen LogP contribution >= 0.6 is 0 Å². The van der Waals surface area contributed by atoms with Crippen LogP contribution in [0.25, 0.3) is 0 Å². The van der Waals surface area contributed by atoms with Gasteiger partial charge in [0.2, 0.25) is 0 Å². The summed E-state index contributed by atoms with van der Waals surface area (Å²) >= 11 is 0. The third kappa shape index (κ3) is 4.07. The molecule has 0 bridgehead atoms. The summed E-state index contributed by atoms with van der Waals surface area (Å²) in [6.45, 7) is 2.65. The minimum atomic E-state index is -0.0302. The predicted molar refractivity (Wildman–Crippen MR) is 71.6 cm³/mol. The van der Waals surface area contributed by atoms with Crippen molar-refractivity contribution in [3.63, 3.8) is 0 Å². The number of carbonyl (C=O) groups excluding carboxylic acids is 1. The molecule has 94 valence electrons. The van der Waals surface area contributed by atoms with Crippen LogP contribution in [0, 0.1) is 0 Å². The molecular formula is C13H21N3O. The van der Waals surface area contributed by atoms with E-state index in [0.717, 1.165) is 5.69 Å². The highest BCUT2D eigenvalue weighted by atomic mass is 16.1. The van der Waals surface area contributed by atoms with Crippen LogP contribution < -0.4 is 15.5 Å². The quantitative estimate of drug-likeness (QED) is 0.803. The number of hydrogen-bond acceptors (Lipinski definition) is 3. The predicted octanol–water partition coefficient (Wildman–Crippen LogP) is 1.09. The maximum Gasteiger partial charge on any atom is 0.251 e. The molecule has 1 atom stereocenters. The molecular weight excluding hydrogens is 214 g/mol. The van der Waals surface area contributed by atoms with E-state index in [1.165, 1.54) is 0 Å². The molecule has 0 saturated carbocycles. The summed E-state index contributed by atoms with van der Waals surface area (Å²) in [7, 11) is 5.83. The number of anilines is 1. The Balaban J connectivity index is 2.58. The van der Waals surface area contributed by atoms with Crippen LogP contribution in [0.15, 0.2) is 24.3 Å². The van der Waals surface area contributed by atoms with E-state index in [1.54, 1.807) is 0 Å². The highest BCUT2D eigenvalue weighted by molar-refractivity contribution is 5.94. The molecule has 4 heteroatoms. The second-order valence-electron chi connectivity index (χ2n) is 4.34. The van der Waals surface area contributed by atoms with Crippen LogP contribution in [0.4, 0.5) is 5.69 Å². The van der Waals surface area contributed by atoms with Crippen molar-refractivity contribution in [2.24, 2.45) is 0 Å². The summed E-state index contributed by atoms with van der Waals surface area (Å²) in [5, 5.41) is 5.96. The molecule has 0 spiro atoms. The molecule has 1 aromatic carbocycles. The van der Waals surface area contributed by atoms with Gasteiger partial charge in [0, 0.05) is 37.9 Å². The van der Waals surface area contributed by atoms with E-state index >= 15 is 0 Å². The summed E-state index contributed by atoms with van der Waals surface area (Å²) in [6, 6.07) is 7.84. The Morgan fingerprint density at radius 1 is 1.29 bits per heavy atom. The van der Waals surface area contributed by atoms with Gasteiger partial charge in [0.25, 0.3) is 5.91 Å². The van der Waals surface area contributed by atoms with Gasteiger partial charge >= 0.3 is 0 Å². The average Bonchev–Trinajstić information content (AvgIpc) is 2.35. The second-order valence-corrected chi connectivity index (χ2v) is 4.34. The summed E-state index contributed by atoms with van der Waals surface area (Å²) < 4.78 is 0. The fourth-order valence-corrected chi connectivity index (χ4v) is 1.36. The van der Waals surface area contributed by atoms with Gasteiger partial charge < -0.3 is 15.5 Å². The van der Waals surface area contributed by atoms with Crippen molar-refractivity contribution in [2.75, 3.05) is 32.6 Å². The number of nitrogens with zero attached hydrogens (tertiary/aromatic N) is 1. The van der Waals surface area contributed by atoms with Gasteiger partial charge in [-0.1, -0.05) is 0 Å². The molecule has 17 heavy (non-hydrogen) atoms. The van der Waals surface area contributed by atoms with E-state index in [1.807, 2.05) is 57.2 Å². The normalized spacial score (nSPS) is 12.0. The van der Waals surface area contributed by atoms with Crippen molar-refractivity contribution in [3.05, 3.63) is 29.8 Å². The SMILES string of the molecule is CNC(C)CNC(=O)c1ccc(N(C)C)cc1. The maximum atomic E-state index is 11.8. The molecule has 1 unspecified atom stereocenters. The highest BCUT2D eigenvalue weighted by Gasteiger charge is 2.06. The number of amides is 1. The summed E-state index contributed by atoms with van der Waals surface area (Å²) in [5.74, 6) is -0.0302. The topological polar surface area (TPSA) is 44.4 Å². The monoisotopic (exact) mass is 235 g/mol. The molecule has 0 aliphatic carbocycles. The van der Waals surface area contributed by atoms with Gasteiger partial charge in [-0.2, -0.15) is 0 Å². The Kier molecular flexibility index (Phi) is 4.97. The van der Waals surface area contributed by atoms with Crippen molar-refractivity contribution in [2.45, 2.75) is 13.0 Å². The van der Waals surface area contributed by atoms with Gasteiger partial charge in [-0.15, -0.1) is 0 Å². The van der Waals surface area contributed by atoms with E-state index in [2.05, 4.69) is 10.6 Å². The Bertz CT molecular complexity index is 359. The Labute approximate surface area is 103 Å². The van der Waals surface area contributed by atoms with Gasteiger partial charge in [0.05, 0.1) is 0 Å². The van der Waals surface area contributed by atoms with E-state index in [4.69, 9.17) is 0 Å². The van der Waals surface area contributed by atoms with Crippen molar-refractivity contribution in [1.29, 1.82) is 0 Å². The van der Waals surface area contributed by atoms with Crippen molar-refractivity contribution in [1.82, 2.24) is 10.6 Å². The number of carbonyl (C=O) groups is 1. The van der Waals surface area contributed by atoms with E-state index < -0.39 is 0 Å². The van der Waals surface area contributed by atoms with Crippen LogP contribution in [0.3, 0.4) is 0 Å². The van der Waals surface area contributed by atoms with Gasteiger partial charge in [0.15, 0.2) is 0 Å². The fourth-order valence-electron chi connectivity index (χ4n) is 1.36. The number of nitrogens with one attached hydrogen (secondary N) is 2. The molecule has 4 nitrogen and oxygen atoms in total. The molecule has 0 aromatic heterocycles. The molecule has 0 saturated heterocycles. The zero-order valence-corrected chi connectivity index (χ0v) is 10.9. The molecule has 0 heterocycles. The number of hydrogen-bond donors (Lipinski definition) is 2. The molecule has 1 amide bonds. The van der Waals surface area contributed by atoms with Crippen LogP contribution in [0.1, 0.15) is 17.3 Å². The Hall–Kier alpha value is -1.55. The number of rotatable bonds is 5. The van der Waals surface area contributed by atoms with Gasteiger partial charge in [-0.3, -0.25) is 4.79 Å². The van der Waals surface area contributed by atoms with E-state index in [-0.39, 0.29) is 11.9 Å². The zero-order chi connectivity index (χ0) is 12.8. The van der Waals surface area contributed by atoms with E-state index in [0.29, 0.717) is 12.1 Å². The van der Waals surface area contributed by atoms with E-state index in [9.17, 15) is 4.79 Å². The fraction of sp³-hybridized carbons (Fsp3) is 0.462. The lowest BCUT2D eigenvalue weighted by molar-refractivity contribution is 0.0950. The average molecular weight is 235 g/mol. The maximum absolute atomic E-state index is 11.8. The lowest BCUT2D eigenvalue weighted by Gasteiger charge is -2.14. The largest absolute Gasteiger partial charge is 0.378 e. The zero-order valence-electron chi connectivity index (χ0n) is 10.9. The standard InChI is InChI=1S/C13H21N3O/c1-10(14-2)9-15-13(17)11-5-7-12(8-6-11)16(3)4/h5-8,10,14H,9H2,1-4H3,(H,15,17). The third-order valence-electron chi connectivity index (χ3n) is 2.71. The first-order valence-corrected chi connectivity index (χ1v) is 5.77. The van der Waals surface area contributed by atoms with Crippen molar-refractivity contribution in [3.8, 4) is 0 Å². The van der Waals surface area contributed by atoms with Gasteiger partial charge in [0.1, 0.15) is 0 Å². The highest BCUT2D eigenvalue weighted by Crippen LogP contribution is 2.11. The smallest absolute Gasteiger partial charge is 0.251 e. The van der Waals surface area contributed by atoms with Crippen LogP contribution in [0.2, 0.25) is 0 Å². The summed E-state index contributed by atoms with van der Waals surface area (Å²) in [4.78, 5) is 13.8. The molecule has 2 N–H and O–H groups in total. The third-order valence-corrected chi connectivity index (χ3v) is 2.71. The Morgan fingerprint density at radius 3 is 2.35 bits per heavy atom. The van der Waals surface area contributed by atoms with Crippen LogP contribution in [0.5, 0.6) is 0 Å². The minimum absolute atomic E-state index is 0.0302.